The van der Waals surface area contributed by atoms with Crippen molar-refractivity contribution in [2.75, 3.05) is 51.1 Å². The predicted octanol–water partition coefficient (Wildman–Crippen LogP) is 0.871. The molecule has 0 bridgehead atoms. The van der Waals surface area contributed by atoms with Crippen molar-refractivity contribution in [3.8, 4) is 0 Å². The number of ether oxygens (including phenoxy) is 1. The molecule has 0 fully saturated rings. The average molecular weight is 283 g/mol. The van der Waals surface area contributed by atoms with Crippen molar-refractivity contribution in [2.24, 2.45) is 5.84 Å². The van der Waals surface area contributed by atoms with E-state index in [2.05, 4.69) is 10.7 Å². The van der Waals surface area contributed by atoms with Crippen LogP contribution in [0.2, 0.25) is 0 Å². The van der Waals surface area contributed by atoms with Crippen LogP contribution in [0, 0.1) is 10.1 Å². The van der Waals surface area contributed by atoms with Crippen LogP contribution >= 0.6 is 0 Å². The van der Waals surface area contributed by atoms with Crippen molar-refractivity contribution >= 4 is 17.1 Å². The van der Waals surface area contributed by atoms with Crippen molar-refractivity contribution in [3.05, 3.63) is 28.3 Å². The Balaban J connectivity index is 2.43. The van der Waals surface area contributed by atoms with Gasteiger partial charge >= 0.3 is 0 Å². The lowest BCUT2D eigenvalue weighted by molar-refractivity contribution is -0.384. The van der Waals surface area contributed by atoms with Gasteiger partial charge in [0.15, 0.2) is 0 Å². The number of benzene rings is 1. The highest BCUT2D eigenvalue weighted by atomic mass is 16.6. The summed E-state index contributed by atoms with van der Waals surface area (Å²) in [5, 5.41) is 13.8. The average Bonchev–Trinajstić information content (AvgIpc) is 2.41. The minimum Gasteiger partial charge on any atom is -0.382 e. The third-order valence-electron chi connectivity index (χ3n) is 2.55. The highest BCUT2D eigenvalue weighted by molar-refractivity contribution is 5.63. The highest BCUT2D eigenvalue weighted by Gasteiger charge is 2.09. The standard InChI is InChI=1S/C12H21N5O3/c1-16(2)4-6-20-5-3-14-10-7-11(15-13)9-12(8-10)17(18)19/h7-9,14-15H,3-6,13H2,1-2H3. The van der Waals surface area contributed by atoms with Crippen molar-refractivity contribution in [1.29, 1.82) is 0 Å². The Morgan fingerprint density at radius 3 is 2.60 bits per heavy atom. The first kappa shape index (κ1) is 16.2. The van der Waals surface area contributed by atoms with Crippen molar-refractivity contribution in [3.63, 3.8) is 0 Å². The van der Waals surface area contributed by atoms with Crippen molar-refractivity contribution in [1.82, 2.24) is 4.90 Å². The Labute approximate surface area is 118 Å². The lowest BCUT2D eigenvalue weighted by atomic mass is 10.2. The molecule has 0 aliphatic carbocycles. The number of nitro benzene ring substituents is 1. The molecule has 0 spiro atoms. The zero-order valence-electron chi connectivity index (χ0n) is 11.8. The van der Waals surface area contributed by atoms with Gasteiger partial charge in [-0.2, -0.15) is 0 Å². The fraction of sp³-hybridized carbons (Fsp3) is 0.500. The van der Waals surface area contributed by atoms with E-state index in [-0.39, 0.29) is 5.69 Å². The van der Waals surface area contributed by atoms with E-state index in [1.807, 2.05) is 19.0 Å². The molecule has 0 heterocycles. The number of rotatable bonds is 9. The van der Waals surface area contributed by atoms with E-state index in [9.17, 15) is 10.1 Å². The van der Waals surface area contributed by atoms with Crippen LogP contribution in [0.3, 0.4) is 0 Å². The van der Waals surface area contributed by atoms with Crippen LogP contribution in [-0.4, -0.2) is 50.2 Å². The number of non-ortho nitro benzene ring substituents is 1. The molecule has 0 saturated carbocycles. The Kier molecular flexibility index (Phi) is 6.71. The lowest BCUT2D eigenvalue weighted by Crippen LogP contribution is -2.20. The fourth-order valence-corrected chi connectivity index (χ4v) is 1.52. The molecule has 0 amide bonds. The molecule has 112 valence electrons. The number of hydrazine groups is 1. The summed E-state index contributed by atoms with van der Waals surface area (Å²) in [4.78, 5) is 12.4. The van der Waals surface area contributed by atoms with Crippen LogP contribution in [0.4, 0.5) is 17.1 Å². The Hall–Kier alpha value is -1.90. The highest BCUT2D eigenvalue weighted by Crippen LogP contribution is 2.23. The van der Waals surface area contributed by atoms with Gasteiger partial charge in [-0.1, -0.05) is 0 Å². The molecule has 20 heavy (non-hydrogen) atoms. The maximum atomic E-state index is 10.8. The first-order chi connectivity index (χ1) is 9.52. The molecule has 4 N–H and O–H groups in total. The number of anilines is 2. The van der Waals surface area contributed by atoms with Gasteiger partial charge in [-0.25, -0.2) is 0 Å². The molecule has 8 nitrogen and oxygen atoms in total. The van der Waals surface area contributed by atoms with E-state index in [1.54, 1.807) is 6.07 Å². The SMILES string of the molecule is CN(C)CCOCCNc1cc(NN)cc([N+](=O)[O-])c1. The number of likely N-dealkylation sites (N-methyl/N-ethyl adjacent to an activating group) is 1. The van der Waals surface area contributed by atoms with Crippen LogP contribution in [0.5, 0.6) is 0 Å². The maximum Gasteiger partial charge on any atom is 0.273 e. The number of hydrogen-bond donors (Lipinski definition) is 3. The third-order valence-corrected chi connectivity index (χ3v) is 2.55. The molecular weight excluding hydrogens is 262 g/mol. The van der Waals surface area contributed by atoms with Gasteiger partial charge in [-0.05, 0) is 20.2 Å². The molecule has 8 heteroatoms. The minimum atomic E-state index is -0.459. The summed E-state index contributed by atoms with van der Waals surface area (Å²) in [6.45, 7) is 2.61. The summed E-state index contributed by atoms with van der Waals surface area (Å²) >= 11 is 0. The summed E-state index contributed by atoms with van der Waals surface area (Å²) in [6.07, 6.45) is 0. The predicted molar refractivity (Wildman–Crippen MR) is 78.8 cm³/mol. The van der Waals surface area contributed by atoms with Gasteiger partial charge in [-0.3, -0.25) is 16.0 Å². The van der Waals surface area contributed by atoms with E-state index in [1.165, 1.54) is 12.1 Å². The quantitative estimate of drug-likeness (QED) is 0.267. The number of nitrogens with two attached hydrogens (primary N) is 1. The molecule has 1 aromatic carbocycles. The molecule has 0 aromatic heterocycles. The Bertz CT molecular complexity index is 439. The molecule has 0 saturated heterocycles. The van der Waals surface area contributed by atoms with E-state index >= 15 is 0 Å². The van der Waals surface area contributed by atoms with Crippen molar-refractivity contribution < 1.29 is 9.66 Å². The van der Waals surface area contributed by atoms with Gasteiger partial charge < -0.3 is 20.4 Å². The minimum absolute atomic E-state index is 0.0172. The Morgan fingerprint density at radius 2 is 2.00 bits per heavy atom. The number of nitrogens with one attached hydrogen (secondary N) is 2. The van der Waals surface area contributed by atoms with Gasteiger partial charge in [0, 0.05) is 30.9 Å². The van der Waals surface area contributed by atoms with Crippen LogP contribution in [0.1, 0.15) is 0 Å². The third kappa shape index (κ3) is 5.83. The Morgan fingerprint density at radius 1 is 1.30 bits per heavy atom. The second-order valence-corrected chi connectivity index (χ2v) is 4.51. The zero-order chi connectivity index (χ0) is 15.0. The molecule has 0 radical (unpaired) electrons. The van der Waals surface area contributed by atoms with E-state index in [0.29, 0.717) is 31.1 Å². The molecule has 0 atom stereocenters. The zero-order valence-corrected chi connectivity index (χ0v) is 11.8. The van der Waals surface area contributed by atoms with Crippen LogP contribution in [0.25, 0.3) is 0 Å². The topological polar surface area (TPSA) is 106 Å². The van der Waals surface area contributed by atoms with Gasteiger partial charge in [0.1, 0.15) is 0 Å². The molecule has 1 aromatic rings. The summed E-state index contributed by atoms with van der Waals surface area (Å²) in [7, 11) is 3.96. The molecule has 1 rings (SSSR count). The first-order valence-corrected chi connectivity index (χ1v) is 6.25. The van der Waals surface area contributed by atoms with E-state index in [0.717, 1.165) is 6.54 Å². The molecule has 0 aliphatic rings. The molecular formula is C12H21N5O3. The number of nitrogen functional groups attached to an aromatic ring is 1. The molecule has 0 unspecified atom stereocenters. The maximum absolute atomic E-state index is 10.8. The normalized spacial score (nSPS) is 10.6. The summed E-state index contributed by atoms with van der Waals surface area (Å²) in [5.41, 5.74) is 3.50. The van der Waals surface area contributed by atoms with E-state index in [4.69, 9.17) is 10.6 Å². The number of nitrogens with zero attached hydrogens (tertiary/aromatic N) is 2. The lowest BCUT2D eigenvalue weighted by Gasteiger charge is -2.11. The summed E-state index contributed by atoms with van der Waals surface area (Å²) < 4.78 is 5.42. The van der Waals surface area contributed by atoms with Gasteiger partial charge in [0.05, 0.1) is 23.8 Å². The van der Waals surface area contributed by atoms with Crippen LogP contribution in [0.15, 0.2) is 18.2 Å². The summed E-state index contributed by atoms with van der Waals surface area (Å²) in [5.74, 6) is 5.28. The van der Waals surface area contributed by atoms with Crippen LogP contribution < -0.4 is 16.6 Å². The second kappa shape index (κ2) is 8.31. The van der Waals surface area contributed by atoms with E-state index < -0.39 is 4.92 Å². The fourth-order valence-electron chi connectivity index (χ4n) is 1.52. The summed E-state index contributed by atoms with van der Waals surface area (Å²) in [6, 6.07) is 4.53. The van der Waals surface area contributed by atoms with Crippen molar-refractivity contribution in [2.45, 2.75) is 0 Å². The molecule has 0 aliphatic heterocycles. The number of hydrogen-bond acceptors (Lipinski definition) is 7. The van der Waals surface area contributed by atoms with Gasteiger partial charge in [-0.15, -0.1) is 0 Å². The number of nitro groups is 1. The monoisotopic (exact) mass is 283 g/mol. The second-order valence-electron chi connectivity index (χ2n) is 4.51. The van der Waals surface area contributed by atoms with Crippen LogP contribution in [-0.2, 0) is 4.74 Å². The smallest absolute Gasteiger partial charge is 0.273 e. The largest absolute Gasteiger partial charge is 0.382 e. The van der Waals surface area contributed by atoms with Gasteiger partial charge in [0.25, 0.3) is 5.69 Å². The first-order valence-electron chi connectivity index (χ1n) is 6.25. The van der Waals surface area contributed by atoms with Gasteiger partial charge in [0.2, 0.25) is 0 Å².